The lowest BCUT2D eigenvalue weighted by Crippen LogP contribution is -2.71. The van der Waals surface area contributed by atoms with E-state index in [1.54, 1.807) is 18.4 Å². The molecular weight excluding hydrogens is 594 g/mol. The molecule has 2 fully saturated rings. The van der Waals surface area contributed by atoms with Gasteiger partial charge in [-0.3, -0.25) is 29.3 Å². The van der Waals surface area contributed by atoms with Crippen LogP contribution in [-0.4, -0.2) is 70.5 Å². The number of non-ortho nitro benzene ring substituents is 1. The quantitative estimate of drug-likeness (QED) is 0.171. The Hall–Kier alpha value is -4.92. The molecule has 3 aliphatic rings. The number of thioether (sulfide) groups is 1. The normalized spacial score (nSPS) is 22.1. The molecule has 4 N–H and O–H groups in total. The fraction of sp³-hybridized carbons (Fsp3) is 0.345. The second-order valence-corrected chi connectivity index (χ2v) is 13.3. The van der Waals surface area contributed by atoms with E-state index < -0.39 is 62.3 Å². The van der Waals surface area contributed by atoms with Crippen molar-refractivity contribution >= 4 is 52.0 Å². The summed E-state index contributed by atoms with van der Waals surface area (Å²) in [6.07, 6.45) is 2.54. The molecule has 3 aliphatic heterocycles. The van der Waals surface area contributed by atoms with Crippen molar-refractivity contribution < 1.29 is 34.3 Å². The molecular formula is C29H27N5O9S. The number of hydrogen-bond donors (Lipinski definition) is 4. The molecule has 14 nitrogen and oxygen atoms in total. The highest BCUT2D eigenvalue weighted by Gasteiger charge is 2.64. The number of nitro benzene ring substituents is 1. The van der Waals surface area contributed by atoms with E-state index in [1.807, 2.05) is 0 Å². The van der Waals surface area contributed by atoms with Crippen LogP contribution in [0.5, 0.6) is 5.75 Å². The smallest absolute Gasteiger partial charge is 0.327 e. The van der Waals surface area contributed by atoms with Crippen molar-refractivity contribution in [3.05, 3.63) is 79.6 Å². The number of nitro groups is 1. The Balaban J connectivity index is 1.32. The van der Waals surface area contributed by atoms with Crippen molar-refractivity contribution in [3.63, 3.8) is 0 Å². The maximum atomic E-state index is 13.7. The second kappa shape index (κ2) is 10.4. The number of rotatable bonds is 7. The fourth-order valence-corrected chi connectivity index (χ4v) is 7.87. The highest BCUT2D eigenvalue weighted by atomic mass is 32.2. The van der Waals surface area contributed by atoms with Crippen molar-refractivity contribution in [1.82, 2.24) is 20.1 Å². The largest absolute Gasteiger partial charge is 0.508 e. The molecule has 0 aliphatic carbocycles. The van der Waals surface area contributed by atoms with Crippen LogP contribution >= 0.6 is 11.8 Å². The van der Waals surface area contributed by atoms with Crippen LogP contribution < -0.4 is 16.1 Å². The molecule has 2 aromatic carbocycles. The van der Waals surface area contributed by atoms with Crippen molar-refractivity contribution in [1.29, 1.82) is 0 Å². The first-order valence-electron chi connectivity index (χ1n) is 13.8. The number of phenolic OH excluding ortho intramolecular Hbond substituents is 1. The predicted octanol–water partition coefficient (Wildman–Crippen LogP) is 1.66. The van der Waals surface area contributed by atoms with Crippen LogP contribution in [-0.2, 0) is 27.3 Å². The number of carboxylic acid groups (broad SMARTS) is 1. The summed E-state index contributed by atoms with van der Waals surface area (Å²) in [4.78, 5) is 77.9. The van der Waals surface area contributed by atoms with Gasteiger partial charge in [-0.2, -0.15) is 0 Å². The number of nitrogens with one attached hydrogen (secondary N) is 2. The van der Waals surface area contributed by atoms with Gasteiger partial charge in [0.2, 0.25) is 17.2 Å². The highest BCUT2D eigenvalue weighted by molar-refractivity contribution is 8.01. The van der Waals surface area contributed by atoms with Crippen LogP contribution in [0.1, 0.15) is 47.8 Å². The third-order valence-electron chi connectivity index (χ3n) is 8.27. The number of β-lactam (4-membered cyclic amide) rings is 1. The van der Waals surface area contributed by atoms with Crippen LogP contribution in [0.3, 0.4) is 0 Å². The fourth-order valence-electron chi connectivity index (χ4n) is 6.25. The SMILES string of the molecule is CC1(C)SC2C(NC(=O)C(NC(=O)c3cn4c5c(cc([N+](=O)[O-])cc5c3=O)CCC4)c3ccc(O)cc3)C(=O)N2C1C(=O)O. The van der Waals surface area contributed by atoms with Gasteiger partial charge in [-0.05, 0) is 49.9 Å². The number of hydrogen-bond acceptors (Lipinski definition) is 9. The van der Waals surface area contributed by atoms with E-state index in [0.717, 1.165) is 6.07 Å². The number of carbonyl (C=O) groups is 4. The van der Waals surface area contributed by atoms with Crippen LogP contribution in [0.15, 0.2) is 47.4 Å². The Morgan fingerprint density at radius 2 is 1.86 bits per heavy atom. The Kier molecular flexibility index (Phi) is 6.87. The molecule has 0 radical (unpaired) electrons. The Morgan fingerprint density at radius 3 is 2.52 bits per heavy atom. The maximum absolute atomic E-state index is 13.7. The summed E-state index contributed by atoms with van der Waals surface area (Å²) in [5.74, 6) is -3.54. The average molecular weight is 622 g/mol. The molecule has 4 atom stereocenters. The van der Waals surface area contributed by atoms with Gasteiger partial charge in [0, 0.05) is 29.6 Å². The molecule has 0 saturated carbocycles. The first kappa shape index (κ1) is 29.2. The Labute approximate surface area is 253 Å². The summed E-state index contributed by atoms with van der Waals surface area (Å²) in [5.41, 5.74) is 0.0453. The minimum absolute atomic E-state index is 0.0150. The number of benzene rings is 2. The van der Waals surface area contributed by atoms with E-state index in [2.05, 4.69) is 10.6 Å². The van der Waals surface area contributed by atoms with E-state index in [9.17, 15) is 44.3 Å². The zero-order chi connectivity index (χ0) is 31.7. The Bertz CT molecular complexity index is 1840. The van der Waals surface area contributed by atoms with Gasteiger partial charge in [-0.15, -0.1) is 11.8 Å². The number of aryl methyl sites for hydroxylation is 2. The second-order valence-electron chi connectivity index (χ2n) is 11.5. The van der Waals surface area contributed by atoms with Gasteiger partial charge in [0.05, 0.1) is 15.8 Å². The molecule has 0 spiro atoms. The minimum Gasteiger partial charge on any atom is -0.508 e. The lowest BCUT2D eigenvalue weighted by Gasteiger charge is -2.44. The number of aromatic nitrogens is 1. The molecule has 3 amide bonds. The summed E-state index contributed by atoms with van der Waals surface area (Å²) >= 11 is 1.24. The van der Waals surface area contributed by atoms with Crippen molar-refractivity contribution in [3.8, 4) is 5.75 Å². The first-order chi connectivity index (χ1) is 20.8. The molecule has 6 rings (SSSR count). The zero-order valence-corrected chi connectivity index (χ0v) is 24.3. The summed E-state index contributed by atoms with van der Waals surface area (Å²) in [6.45, 7) is 3.87. The summed E-state index contributed by atoms with van der Waals surface area (Å²) in [6, 6.07) is 4.42. The van der Waals surface area contributed by atoms with Crippen molar-refractivity contribution in [2.75, 3.05) is 0 Å². The van der Waals surface area contributed by atoms with Gasteiger partial charge in [0.1, 0.15) is 34.8 Å². The minimum atomic E-state index is -1.42. The van der Waals surface area contributed by atoms with E-state index in [-0.39, 0.29) is 28.0 Å². The highest BCUT2D eigenvalue weighted by Crippen LogP contribution is 2.50. The monoisotopic (exact) mass is 621 g/mol. The van der Waals surface area contributed by atoms with Gasteiger partial charge in [0.25, 0.3) is 11.6 Å². The third-order valence-corrected chi connectivity index (χ3v) is 9.84. The van der Waals surface area contributed by atoms with Crippen molar-refractivity contribution in [2.45, 2.75) is 61.5 Å². The standard InChI is InChI=1S/C29H27N5O9S/c1-29(2)23(28(40)41)33-26(39)20(27(33)44-29)31-25(38)19(13-5-7-16(35)8-6-13)30-24(37)18-12-32-9-3-4-14-10-15(34(42)43)11-17(21(14)32)22(18)36/h5-8,10-12,19-20,23,27,35H,3-4,9H2,1-2H3,(H,30,37)(H,31,38)(H,40,41). The van der Waals surface area contributed by atoms with Crippen molar-refractivity contribution in [2.24, 2.45) is 0 Å². The van der Waals surface area contributed by atoms with E-state index >= 15 is 0 Å². The number of aliphatic carboxylic acids is 1. The number of pyridine rings is 1. The zero-order valence-electron chi connectivity index (χ0n) is 23.5. The Morgan fingerprint density at radius 1 is 1.16 bits per heavy atom. The van der Waals surface area contributed by atoms with Gasteiger partial charge in [0.15, 0.2) is 0 Å². The number of fused-ring (bicyclic) bond motifs is 1. The number of nitrogens with zero attached hydrogens (tertiary/aromatic N) is 3. The summed E-state index contributed by atoms with van der Waals surface area (Å²) in [7, 11) is 0. The van der Waals surface area contributed by atoms with Crippen LogP contribution in [0.4, 0.5) is 5.69 Å². The number of amides is 3. The number of phenols is 1. The molecule has 0 bridgehead atoms. The number of carboxylic acids is 1. The number of aromatic hydroxyl groups is 1. The first-order valence-corrected chi connectivity index (χ1v) is 14.6. The van der Waals surface area contributed by atoms with Gasteiger partial charge >= 0.3 is 5.97 Å². The maximum Gasteiger partial charge on any atom is 0.327 e. The topological polar surface area (TPSA) is 201 Å². The molecule has 44 heavy (non-hydrogen) atoms. The number of carbonyl (C=O) groups excluding carboxylic acids is 3. The molecule has 4 unspecified atom stereocenters. The summed E-state index contributed by atoms with van der Waals surface area (Å²) in [5, 5.41) is 35.6. The van der Waals surface area contributed by atoms with Gasteiger partial charge in [-0.25, -0.2) is 4.79 Å². The summed E-state index contributed by atoms with van der Waals surface area (Å²) < 4.78 is 0.882. The van der Waals surface area contributed by atoms with Crippen LogP contribution in [0.2, 0.25) is 0 Å². The molecule has 2 saturated heterocycles. The van der Waals surface area contributed by atoms with E-state index in [0.29, 0.717) is 30.5 Å². The third kappa shape index (κ3) is 4.63. The van der Waals surface area contributed by atoms with Gasteiger partial charge < -0.3 is 30.3 Å². The molecule has 228 valence electrons. The lowest BCUT2D eigenvalue weighted by atomic mass is 9.95. The van der Waals surface area contributed by atoms with Crippen LogP contribution in [0.25, 0.3) is 10.9 Å². The predicted molar refractivity (Wildman–Crippen MR) is 157 cm³/mol. The molecule has 3 aromatic rings. The van der Waals surface area contributed by atoms with E-state index in [1.165, 1.54) is 53.2 Å². The molecule has 4 heterocycles. The molecule has 1 aromatic heterocycles. The lowest BCUT2D eigenvalue weighted by molar-refractivity contribution is -0.384. The van der Waals surface area contributed by atoms with Gasteiger partial charge in [-0.1, -0.05) is 12.1 Å². The average Bonchev–Trinajstić information content (AvgIpc) is 3.24. The van der Waals surface area contributed by atoms with E-state index in [4.69, 9.17) is 0 Å². The molecule has 15 heteroatoms. The van der Waals surface area contributed by atoms with Crippen LogP contribution in [0, 0.1) is 10.1 Å².